The first-order valence-corrected chi connectivity index (χ1v) is 7.16. The maximum absolute atomic E-state index is 6.15. The van der Waals surface area contributed by atoms with Gasteiger partial charge in [-0.2, -0.15) is 0 Å². The average molecular weight is 265 g/mol. The highest BCUT2D eigenvalue weighted by molar-refractivity contribution is 5.18. The minimum atomic E-state index is 0.0522. The number of ether oxygens (including phenoxy) is 2. The van der Waals surface area contributed by atoms with Gasteiger partial charge < -0.3 is 15.2 Å². The normalized spacial score (nSPS) is 23.7. The lowest BCUT2D eigenvalue weighted by Gasteiger charge is -2.22. The summed E-state index contributed by atoms with van der Waals surface area (Å²) in [5.41, 5.74) is 6.15. The van der Waals surface area contributed by atoms with Gasteiger partial charge in [-0.05, 0) is 25.7 Å². The highest BCUT2D eigenvalue weighted by atomic mass is 16.5. The Morgan fingerprint density at radius 3 is 2.84 bits per heavy atom. The van der Waals surface area contributed by atoms with Crippen molar-refractivity contribution in [1.29, 1.82) is 0 Å². The average Bonchev–Trinajstić information content (AvgIpc) is 2.62. The standard InChI is InChI=1S/C14H23N3O2/c1-2-8-18-13-9-14(17-10-16-13)19-12-7-5-3-4-6-11(12)15/h9-12H,2-8,15H2,1H3. The molecule has 2 N–H and O–H groups in total. The van der Waals surface area contributed by atoms with Crippen molar-refractivity contribution in [3.05, 3.63) is 12.4 Å². The van der Waals surface area contributed by atoms with Crippen molar-refractivity contribution in [1.82, 2.24) is 9.97 Å². The van der Waals surface area contributed by atoms with Crippen molar-refractivity contribution in [3.63, 3.8) is 0 Å². The SMILES string of the molecule is CCCOc1cc(OC2CCCCCC2N)ncn1. The zero-order valence-corrected chi connectivity index (χ0v) is 11.5. The van der Waals surface area contributed by atoms with Crippen LogP contribution in [0.15, 0.2) is 12.4 Å². The van der Waals surface area contributed by atoms with Crippen molar-refractivity contribution in [2.75, 3.05) is 6.61 Å². The minimum absolute atomic E-state index is 0.0522. The monoisotopic (exact) mass is 265 g/mol. The summed E-state index contributed by atoms with van der Waals surface area (Å²) < 4.78 is 11.4. The zero-order valence-electron chi connectivity index (χ0n) is 11.5. The number of aromatic nitrogens is 2. The van der Waals surface area contributed by atoms with Crippen LogP contribution in [0.2, 0.25) is 0 Å². The van der Waals surface area contributed by atoms with E-state index in [2.05, 4.69) is 16.9 Å². The van der Waals surface area contributed by atoms with Crippen LogP contribution < -0.4 is 15.2 Å². The number of nitrogens with two attached hydrogens (primary N) is 1. The maximum Gasteiger partial charge on any atom is 0.220 e. The molecule has 1 fully saturated rings. The Morgan fingerprint density at radius 2 is 2.00 bits per heavy atom. The minimum Gasteiger partial charge on any atom is -0.478 e. The fourth-order valence-corrected chi connectivity index (χ4v) is 2.28. The largest absolute Gasteiger partial charge is 0.478 e. The van der Waals surface area contributed by atoms with Gasteiger partial charge in [0.15, 0.2) is 0 Å². The molecule has 1 heterocycles. The summed E-state index contributed by atoms with van der Waals surface area (Å²) in [6.07, 6.45) is 8.10. The quantitative estimate of drug-likeness (QED) is 0.827. The highest BCUT2D eigenvalue weighted by Crippen LogP contribution is 2.22. The summed E-state index contributed by atoms with van der Waals surface area (Å²) in [6, 6.07) is 1.84. The number of hydrogen-bond acceptors (Lipinski definition) is 5. The second kappa shape index (κ2) is 7.28. The second-order valence-electron chi connectivity index (χ2n) is 5.00. The van der Waals surface area contributed by atoms with Crippen LogP contribution in [0.4, 0.5) is 0 Å². The molecule has 5 nitrogen and oxygen atoms in total. The lowest BCUT2D eigenvalue weighted by Crippen LogP contribution is -2.38. The van der Waals surface area contributed by atoms with Crippen LogP contribution in [-0.4, -0.2) is 28.7 Å². The predicted molar refractivity (Wildman–Crippen MR) is 73.3 cm³/mol. The molecule has 0 spiro atoms. The third-order valence-electron chi connectivity index (χ3n) is 3.35. The van der Waals surface area contributed by atoms with Crippen LogP contribution in [-0.2, 0) is 0 Å². The summed E-state index contributed by atoms with van der Waals surface area (Å²) >= 11 is 0. The van der Waals surface area contributed by atoms with Gasteiger partial charge in [0.2, 0.25) is 11.8 Å². The van der Waals surface area contributed by atoms with Crippen molar-refractivity contribution in [2.45, 2.75) is 57.6 Å². The van der Waals surface area contributed by atoms with E-state index in [4.69, 9.17) is 15.2 Å². The van der Waals surface area contributed by atoms with E-state index < -0.39 is 0 Å². The van der Waals surface area contributed by atoms with Gasteiger partial charge in [-0.1, -0.05) is 19.8 Å². The topological polar surface area (TPSA) is 70.3 Å². The maximum atomic E-state index is 6.15. The van der Waals surface area contributed by atoms with Gasteiger partial charge in [0, 0.05) is 6.04 Å². The third-order valence-corrected chi connectivity index (χ3v) is 3.35. The molecule has 1 aromatic heterocycles. The van der Waals surface area contributed by atoms with E-state index in [1.54, 1.807) is 6.07 Å². The van der Waals surface area contributed by atoms with Gasteiger partial charge in [-0.3, -0.25) is 0 Å². The molecule has 2 atom stereocenters. The molecule has 106 valence electrons. The molecule has 0 aromatic carbocycles. The van der Waals surface area contributed by atoms with Crippen molar-refractivity contribution in [2.24, 2.45) is 5.73 Å². The van der Waals surface area contributed by atoms with Gasteiger partial charge in [-0.15, -0.1) is 0 Å². The molecule has 2 unspecified atom stereocenters. The number of rotatable bonds is 5. The lowest BCUT2D eigenvalue weighted by molar-refractivity contribution is 0.154. The van der Waals surface area contributed by atoms with E-state index >= 15 is 0 Å². The molecule has 0 aliphatic heterocycles. The Kier molecular flexibility index (Phi) is 5.39. The Bertz CT molecular complexity index is 387. The molecule has 19 heavy (non-hydrogen) atoms. The second-order valence-corrected chi connectivity index (χ2v) is 5.00. The van der Waals surface area contributed by atoms with Crippen LogP contribution in [0.5, 0.6) is 11.8 Å². The van der Waals surface area contributed by atoms with E-state index in [0.29, 0.717) is 18.4 Å². The van der Waals surface area contributed by atoms with Crippen molar-refractivity contribution >= 4 is 0 Å². The van der Waals surface area contributed by atoms with Crippen molar-refractivity contribution in [3.8, 4) is 11.8 Å². The van der Waals surface area contributed by atoms with E-state index in [9.17, 15) is 0 Å². The first-order valence-electron chi connectivity index (χ1n) is 7.16. The fraction of sp³-hybridized carbons (Fsp3) is 0.714. The van der Waals surface area contributed by atoms with Gasteiger partial charge in [0.1, 0.15) is 12.4 Å². The van der Waals surface area contributed by atoms with Crippen LogP contribution in [0, 0.1) is 0 Å². The molecule has 0 bridgehead atoms. The van der Waals surface area contributed by atoms with Crippen molar-refractivity contribution < 1.29 is 9.47 Å². The van der Waals surface area contributed by atoms with Gasteiger partial charge in [0.05, 0.1) is 12.7 Å². The van der Waals surface area contributed by atoms with Crippen LogP contribution in [0.1, 0.15) is 45.4 Å². The molecule has 1 aliphatic rings. The first-order chi connectivity index (χ1) is 9.29. The lowest BCUT2D eigenvalue weighted by atomic mass is 10.1. The van der Waals surface area contributed by atoms with Crippen LogP contribution in [0.25, 0.3) is 0 Å². The van der Waals surface area contributed by atoms with E-state index in [1.807, 2.05) is 0 Å². The van der Waals surface area contributed by atoms with Gasteiger partial charge in [-0.25, -0.2) is 9.97 Å². The summed E-state index contributed by atoms with van der Waals surface area (Å²) in [4.78, 5) is 8.20. The summed E-state index contributed by atoms with van der Waals surface area (Å²) in [5.74, 6) is 1.12. The molecular weight excluding hydrogens is 242 g/mol. The highest BCUT2D eigenvalue weighted by Gasteiger charge is 2.22. The number of hydrogen-bond donors (Lipinski definition) is 1. The molecule has 0 saturated heterocycles. The van der Waals surface area contributed by atoms with Crippen LogP contribution in [0.3, 0.4) is 0 Å². The predicted octanol–water partition coefficient (Wildman–Crippen LogP) is 2.30. The summed E-state index contributed by atoms with van der Waals surface area (Å²) in [6.45, 7) is 2.71. The summed E-state index contributed by atoms with van der Waals surface area (Å²) in [7, 11) is 0. The number of nitrogens with zero attached hydrogens (tertiary/aromatic N) is 2. The van der Waals surface area contributed by atoms with Gasteiger partial charge in [0.25, 0.3) is 0 Å². The zero-order chi connectivity index (χ0) is 13.5. The molecule has 2 rings (SSSR count). The molecule has 0 radical (unpaired) electrons. The Balaban J connectivity index is 1.97. The smallest absolute Gasteiger partial charge is 0.220 e. The molecule has 1 saturated carbocycles. The molecule has 5 heteroatoms. The first kappa shape index (κ1) is 14.1. The molecule has 0 amide bonds. The Morgan fingerprint density at radius 1 is 1.21 bits per heavy atom. The van der Waals surface area contributed by atoms with Crippen LogP contribution >= 0.6 is 0 Å². The molecule has 1 aliphatic carbocycles. The Labute approximate surface area is 114 Å². The fourth-order valence-electron chi connectivity index (χ4n) is 2.28. The van der Waals surface area contributed by atoms with E-state index in [1.165, 1.54) is 25.6 Å². The van der Waals surface area contributed by atoms with E-state index in [-0.39, 0.29) is 12.1 Å². The molecule has 1 aromatic rings. The molecular formula is C14H23N3O2. The third kappa shape index (κ3) is 4.35. The summed E-state index contributed by atoms with van der Waals surface area (Å²) in [5, 5.41) is 0. The van der Waals surface area contributed by atoms with E-state index in [0.717, 1.165) is 19.3 Å². The Hall–Kier alpha value is -1.36. The van der Waals surface area contributed by atoms with Gasteiger partial charge >= 0.3 is 0 Å².